The number of anilines is 2. The van der Waals surface area contributed by atoms with Gasteiger partial charge in [-0.15, -0.1) is 0 Å². The van der Waals surface area contributed by atoms with Crippen LogP contribution in [0, 0.1) is 0 Å². The van der Waals surface area contributed by atoms with E-state index in [2.05, 4.69) is 51.4 Å². The number of nitrogens with zero attached hydrogens (tertiary/aromatic N) is 4. The molecule has 0 aliphatic rings. The minimum Gasteiger partial charge on any atom is -0.368 e. The van der Waals surface area contributed by atoms with Gasteiger partial charge >= 0.3 is 0 Å². The molecule has 7 heteroatoms. The fourth-order valence-corrected chi connectivity index (χ4v) is 1.72. The van der Waals surface area contributed by atoms with E-state index in [0.717, 1.165) is 24.2 Å². The molecule has 98 valence electrons. The predicted molar refractivity (Wildman–Crippen MR) is 72.4 cm³/mol. The third-order valence-corrected chi connectivity index (χ3v) is 2.72. The van der Waals surface area contributed by atoms with Crippen molar-refractivity contribution in [2.24, 2.45) is 0 Å². The molecule has 18 heavy (non-hydrogen) atoms. The van der Waals surface area contributed by atoms with Crippen LogP contribution in [-0.2, 0) is 0 Å². The second-order valence-corrected chi connectivity index (χ2v) is 4.70. The molecular weight excluding hydrogens is 230 g/mol. The summed E-state index contributed by atoms with van der Waals surface area (Å²) < 4.78 is 0. The molecule has 2 heterocycles. The maximum Gasteiger partial charge on any atom is 0.224 e. The summed E-state index contributed by atoms with van der Waals surface area (Å²) in [5.41, 5.74) is 6.32. The zero-order valence-corrected chi connectivity index (χ0v) is 10.9. The summed E-state index contributed by atoms with van der Waals surface area (Å²) >= 11 is 0. The summed E-state index contributed by atoms with van der Waals surface area (Å²) in [6, 6.07) is 0.305. The highest BCUT2D eigenvalue weighted by molar-refractivity contribution is 5.86. The second-order valence-electron chi connectivity index (χ2n) is 4.70. The molecule has 0 aliphatic carbocycles. The highest BCUT2D eigenvalue weighted by atomic mass is 15.2. The van der Waals surface area contributed by atoms with Gasteiger partial charge in [0.15, 0.2) is 5.65 Å². The number of nitrogen functional groups attached to an aromatic ring is 1. The van der Waals surface area contributed by atoms with Crippen molar-refractivity contribution >= 4 is 22.8 Å². The molecule has 2 aromatic rings. The van der Waals surface area contributed by atoms with Crippen molar-refractivity contribution in [2.45, 2.75) is 19.4 Å². The summed E-state index contributed by atoms with van der Waals surface area (Å²) in [5.74, 6) is 0.978. The lowest BCUT2D eigenvalue weighted by Crippen LogP contribution is -2.23. The largest absolute Gasteiger partial charge is 0.368 e. The number of fused-ring (bicyclic) bond motifs is 1. The van der Waals surface area contributed by atoms with Crippen LogP contribution in [0.5, 0.6) is 0 Å². The van der Waals surface area contributed by atoms with Gasteiger partial charge in [-0.3, -0.25) is 5.10 Å². The van der Waals surface area contributed by atoms with E-state index in [4.69, 9.17) is 5.73 Å². The first-order chi connectivity index (χ1) is 8.56. The van der Waals surface area contributed by atoms with Gasteiger partial charge in [0.25, 0.3) is 0 Å². The highest BCUT2D eigenvalue weighted by Gasteiger charge is 2.10. The number of H-pyrrole nitrogens is 1. The van der Waals surface area contributed by atoms with Gasteiger partial charge in [-0.25, -0.2) is 0 Å². The molecule has 0 radical (unpaired) electrons. The number of aromatic amines is 1. The first kappa shape index (κ1) is 12.6. The van der Waals surface area contributed by atoms with E-state index < -0.39 is 0 Å². The average molecular weight is 249 g/mol. The fourth-order valence-electron chi connectivity index (χ4n) is 1.72. The lowest BCUT2D eigenvalue weighted by molar-refractivity contribution is 0.390. The van der Waals surface area contributed by atoms with Gasteiger partial charge in [-0.05, 0) is 34.0 Å². The van der Waals surface area contributed by atoms with Crippen molar-refractivity contribution in [3.05, 3.63) is 6.20 Å². The molecule has 1 atom stereocenters. The maximum absolute atomic E-state index is 5.66. The number of aromatic nitrogens is 4. The third-order valence-electron chi connectivity index (χ3n) is 2.72. The van der Waals surface area contributed by atoms with Crippen LogP contribution in [0.2, 0.25) is 0 Å². The number of hydrogen-bond acceptors (Lipinski definition) is 6. The SMILES string of the molecule is CC(CCN(C)C)Nc1nc(N)nc2[nH]ncc12. The molecule has 2 aromatic heterocycles. The first-order valence-corrected chi connectivity index (χ1v) is 5.94. The van der Waals surface area contributed by atoms with Gasteiger partial charge < -0.3 is 16.0 Å². The Hall–Kier alpha value is -1.89. The van der Waals surface area contributed by atoms with Gasteiger partial charge in [0.2, 0.25) is 5.95 Å². The quantitative estimate of drug-likeness (QED) is 0.721. The maximum atomic E-state index is 5.66. The van der Waals surface area contributed by atoms with Crippen molar-refractivity contribution in [1.29, 1.82) is 0 Å². The van der Waals surface area contributed by atoms with Crippen LogP contribution < -0.4 is 11.1 Å². The Kier molecular flexibility index (Phi) is 3.61. The molecule has 0 bridgehead atoms. The number of rotatable bonds is 5. The Bertz CT molecular complexity index is 519. The van der Waals surface area contributed by atoms with Crippen LogP contribution in [0.15, 0.2) is 6.20 Å². The molecule has 0 amide bonds. The molecule has 7 nitrogen and oxygen atoms in total. The Morgan fingerprint density at radius 1 is 1.44 bits per heavy atom. The smallest absolute Gasteiger partial charge is 0.224 e. The Balaban J connectivity index is 2.13. The van der Waals surface area contributed by atoms with Gasteiger partial charge in [0.05, 0.1) is 11.6 Å². The van der Waals surface area contributed by atoms with Crippen molar-refractivity contribution in [2.75, 3.05) is 31.7 Å². The summed E-state index contributed by atoms with van der Waals surface area (Å²) in [6.45, 7) is 3.14. The molecular formula is C11H19N7. The van der Waals surface area contributed by atoms with E-state index in [1.165, 1.54) is 0 Å². The summed E-state index contributed by atoms with van der Waals surface area (Å²) in [5, 5.41) is 11.0. The molecule has 0 fully saturated rings. The van der Waals surface area contributed by atoms with Crippen LogP contribution in [0.25, 0.3) is 11.0 Å². The average Bonchev–Trinajstić information content (AvgIpc) is 2.74. The molecule has 0 saturated heterocycles. The van der Waals surface area contributed by atoms with Crippen molar-refractivity contribution in [3.8, 4) is 0 Å². The lowest BCUT2D eigenvalue weighted by atomic mass is 10.2. The molecule has 0 aliphatic heterocycles. The minimum absolute atomic E-state index is 0.244. The van der Waals surface area contributed by atoms with Crippen molar-refractivity contribution in [3.63, 3.8) is 0 Å². The molecule has 0 spiro atoms. The van der Waals surface area contributed by atoms with Gasteiger partial charge in [0, 0.05) is 6.04 Å². The summed E-state index contributed by atoms with van der Waals surface area (Å²) in [6.07, 6.45) is 2.73. The molecule has 1 unspecified atom stereocenters. The van der Waals surface area contributed by atoms with Gasteiger partial charge in [-0.2, -0.15) is 15.1 Å². The predicted octanol–water partition coefficient (Wildman–Crippen LogP) is 0.687. The van der Waals surface area contributed by atoms with Crippen LogP contribution >= 0.6 is 0 Å². The Morgan fingerprint density at radius 3 is 2.94 bits per heavy atom. The standard InChI is InChI=1S/C11H19N7/c1-7(4-5-18(2)3)14-9-8-6-13-17-10(8)16-11(12)15-9/h6-7H,4-5H2,1-3H3,(H4,12,13,14,15,16,17). The molecule has 2 rings (SSSR count). The monoisotopic (exact) mass is 249 g/mol. The lowest BCUT2D eigenvalue weighted by Gasteiger charge is -2.17. The zero-order valence-electron chi connectivity index (χ0n) is 10.9. The van der Waals surface area contributed by atoms with Crippen LogP contribution in [0.1, 0.15) is 13.3 Å². The van der Waals surface area contributed by atoms with E-state index in [0.29, 0.717) is 11.7 Å². The molecule has 0 saturated carbocycles. The first-order valence-electron chi connectivity index (χ1n) is 5.94. The Morgan fingerprint density at radius 2 is 2.22 bits per heavy atom. The topological polar surface area (TPSA) is 95.7 Å². The number of nitrogens with one attached hydrogen (secondary N) is 2. The number of hydrogen-bond donors (Lipinski definition) is 3. The zero-order chi connectivity index (χ0) is 13.1. The Labute approximate surface area is 106 Å². The number of nitrogens with two attached hydrogens (primary N) is 1. The molecule has 0 aromatic carbocycles. The van der Waals surface area contributed by atoms with Crippen molar-refractivity contribution in [1.82, 2.24) is 25.1 Å². The minimum atomic E-state index is 0.244. The fraction of sp³-hybridized carbons (Fsp3) is 0.545. The molecule has 4 N–H and O–H groups in total. The van der Waals surface area contributed by atoms with Crippen LogP contribution in [0.4, 0.5) is 11.8 Å². The van der Waals surface area contributed by atoms with E-state index in [1.807, 2.05) is 0 Å². The normalized spacial score (nSPS) is 13.1. The van der Waals surface area contributed by atoms with E-state index in [9.17, 15) is 0 Å². The van der Waals surface area contributed by atoms with Crippen molar-refractivity contribution < 1.29 is 0 Å². The van der Waals surface area contributed by atoms with E-state index in [1.54, 1.807) is 6.20 Å². The summed E-state index contributed by atoms with van der Waals surface area (Å²) in [7, 11) is 4.12. The second kappa shape index (κ2) is 5.18. The third kappa shape index (κ3) is 2.86. The van der Waals surface area contributed by atoms with E-state index >= 15 is 0 Å². The van der Waals surface area contributed by atoms with Gasteiger partial charge in [-0.1, -0.05) is 0 Å². The summed E-state index contributed by atoms with van der Waals surface area (Å²) in [4.78, 5) is 10.5. The van der Waals surface area contributed by atoms with Crippen LogP contribution in [0.3, 0.4) is 0 Å². The highest BCUT2D eigenvalue weighted by Crippen LogP contribution is 2.19. The van der Waals surface area contributed by atoms with E-state index in [-0.39, 0.29) is 5.95 Å². The van der Waals surface area contributed by atoms with Gasteiger partial charge in [0.1, 0.15) is 5.82 Å². The van der Waals surface area contributed by atoms with Crippen LogP contribution in [-0.4, -0.2) is 51.7 Å².